The van der Waals surface area contributed by atoms with Gasteiger partial charge in [-0.3, -0.25) is 19.4 Å². The second-order valence-corrected chi connectivity index (χ2v) is 7.55. The van der Waals surface area contributed by atoms with E-state index >= 15 is 0 Å². The fourth-order valence-corrected chi connectivity index (χ4v) is 4.16. The van der Waals surface area contributed by atoms with Crippen LogP contribution in [-0.4, -0.2) is 73.5 Å². The van der Waals surface area contributed by atoms with E-state index in [0.29, 0.717) is 24.2 Å². The average molecular weight is 363 g/mol. The molecule has 2 unspecified atom stereocenters. The van der Waals surface area contributed by atoms with Crippen LogP contribution in [0.15, 0.2) is 24.3 Å². The van der Waals surface area contributed by atoms with E-state index in [-0.39, 0.29) is 24.2 Å². The van der Waals surface area contributed by atoms with Crippen molar-refractivity contribution < 1.29 is 9.59 Å². The summed E-state index contributed by atoms with van der Waals surface area (Å²) in [4.78, 5) is 31.4. The molecule has 7 heteroatoms. The van der Waals surface area contributed by atoms with Gasteiger partial charge in [0.15, 0.2) is 0 Å². The molecule has 1 aromatic carbocycles. The van der Waals surface area contributed by atoms with E-state index in [9.17, 15) is 9.59 Å². The topological polar surface area (TPSA) is 55.9 Å². The lowest BCUT2D eigenvalue weighted by Gasteiger charge is -2.47. The average Bonchev–Trinajstić information content (AvgIpc) is 3.03. The van der Waals surface area contributed by atoms with Crippen LogP contribution in [0.1, 0.15) is 6.42 Å². The van der Waals surface area contributed by atoms with Gasteiger partial charge in [0, 0.05) is 69.0 Å². The zero-order valence-corrected chi connectivity index (χ0v) is 14.9. The number of carbonyl (C=O) groups excluding carboxylic acids is 2. The van der Waals surface area contributed by atoms with Gasteiger partial charge in [-0.2, -0.15) is 0 Å². The highest BCUT2D eigenvalue weighted by Crippen LogP contribution is 2.26. The van der Waals surface area contributed by atoms with Crippen LogP contribution < -0.4 is 10.2 Å². The summed E-state index contributed by atoms with van der Waals surface area (Å²) >= 11 is 5.90. The van der Waals surface area contributed by atoms with Crippen LogP contribution >= 0.6 is 11.6 Å². The Bertz CT molecular complexity index is 658. The zero-order valence-electron chi connectivity index (χ0n) is 14.2. The van der Waals surface area contributed by atoms with E-state index in [2.05, 4.69) is 15.1 Å². The molecule has 4 saturated heterocycles. The van der Waals surface area contributed by atoms with Crippen molar-refractivity contribution >= 4 is 29.1 Å². The summed E-state index contributed by atoms with van der Waals surface area (Å²) in [7, 11) is 0. The van der Waals surface area contributed by atoms with Crippen molar-refractivity contribution in [3.63, 3.8) is 0 Å². The van der Waals surface area contributed by atoms with E-state index in [1.807, 2.05) is 12.1 Å². The van der Waals surface area contributed by atoms with Crippen LogP contribution in [-0.2, 0) is 9.59 Å². The number of halogens is 1. The molecule has 1 N–H and O–H groups in total. The van der Waals surface area contributed by atoms with Crippen molar-refractivity contribution in [1.82, 2.24) is 15.1 Å². The van der Waals surface area contributed by atoms with Gasteiger partial charge in [0.05, 0.1) is 5.92 Å². The first-order valence-electron chi connectivity index (χ1n) is 8.90. The number of fused-ring (bicyclic) bond motifs is 3. The Labute approximate surface area is 152 Å². The number of anilines is 1. The first-order valence-corrected chi connectivity index (χ1v) is 9.28. The maximum Gasteiger partial charge on any atom is 0.227 e. The highest BCUT2D eigenvalue weighted by Gasteiger charge is 2.36. The van der Waals surface area contributed by atoms with Crippen LogP contribution in [0.4, 0.5) is 5.69 Å². The monoisotopic (exact) mass is 362 g/mol. The highest BCUT2D eigenvalue weighted by molar-refractivity contribution is 6.30. The third kappa shape index (κ3) is 3.52. The number of nitrogens with zero attached hydrogens (tertiary/aromatic N) is 3. The van der Waals surface area contributed by atoms with Crippen molar-refractivity contribution in [2.24, 2.45) is 5.92 Å². The lowest BCUT2D eigenvalue weighted by atomic mass is 10.1. The van der Waals surface area contributed by atoms with Crippen molar-refractivity contribution in [1.29, 1.82) is 0 Å². The Kier molecular flexibility index (Phi) is 4.67. The van der Waals surface area contributed by atoms with E-state index in [0.717, 1.165) is 38.4 Å². The van der Waals surface area contributed by atoms with E-state index in [1.165, 1.54) is 0 Å². The van der Waals surface area contributed by atoms with Crippen molar-refractivity contribution in [3.05, 3.63) is 29.3 Å². The van der Waals surface area contributed by atoms with Gasteiger partial charge in [0.25, 0.3) is 0 Å². The summed E-state index contributed by atoms with van der Waals surface area (Å²) in [6, 6.07) is 7.57. The SMILES string of the molecule is O=C(NCC1CN2CCN1CC2)C1CC(=O)N(c2ccc(Cl)cc2)C1. The number of rotatable bonds is 4. The Morgan fingerprint density at radius 3 is 2.48 bits per heavy atom. The zero-order chi connectivity index (χ0) is 17.4. The fourth-order valence-electron chi connectivity index (χ4n) is 4.03. The summed E-state index contributed by atoms with van der Waals surface area (Å²) in [6.45, 7) is 6.59. The number of amides is 2. The number of hydrogen-bond donors (Lipinski definition) is 1. The number of piperazine rings is 3. The van der Waals surface area contributed by atoms with Crippen LogP contribution in [0, 0.1) is 5.92 Å². The van der Waals surface area contributed by atoms with Crippen LogP contribution in [0.25, 0.3) is 0 Å². The summed E-state index contributed by atoms with van der Waals surface area (Å²) in [5.41, 5.74) is 0.799. The Balaban J connectivity index is 1.32. The molecule has 4 fully saturated rings. The molecule has 0 aliphatic carbocycles. The second-order valence-electron chi connectivity index (χ2n) is 7.12. The van der Waals surface area contributed by atoms with Crippen molar-refractivity contribution in [2.45, 2.75) is 12.5 Å². The van der Waals surface area contributed by atoms with Crippen molar-refractivity contribution in [3.8, 4) is 0 Å². The first kappa shape index (κ1) is 16.8. The molecule has 0 aromatic heterocycles. The predicted molar refractivity (Wildman–Crippen MR) is 96.7 cm³/mol. The molecule has 2 atom stereocenters. The molecular weight excluding hydrogens is 340 g/mol. The highest BCUT2D eigenvalue weighted by atomic mass is 35.5. The minimum atomic E-state index is -0.278. The number of nitrogens with one attached hydrogen (secondary N) is 1. The molecule has 4 aliphatic rings. The molecule has 2 bridgehead atoms. The summed E-state index contributed by atoms with van der Waals surface area (Å²) in [6.07, 6.45) is 0.273. The molecule has 0 spiro atoms. The lowest BCUT2D eigenvalue weighted by molar-refractivity contribution is -0.126. The molecule has 134 valence electrons. The largest absolute Gasteiger partial charge is 0.354 e. The molecule has 4 heterocycles. The van der Waals surface area contributed by atoms with Gasteiger partial charge in [-0.1, -0.05) is 11.6 Å². The maximum absolute atomic E-state index is 12.5. The molecule has 1 aromatic rings. The smallest absolute Gasteiger partial charge is 0.227 e. The Morgan fingerprint density at radius 1 is 1.12 bits per heavy atom. The number of carbonyl (C=O) groups is 2. The normalized spacial score (nSPS) is 31.4. The van der Waals surface area contributed by atoms with Gasteiger partial charge in [0.2, 0.25) is 11.8 Å². The van der Waals surface area contributed by atoms with Gasteiger partial charge in [-0.25, -0.2) is 0 Å². The summed E-state index contributed by atoms with van der Waals surface area (Å²) in [5.74, 6) is -0.296. The molecule has 0 radical (unpaired) electrons. The van der Waals surface area contributed by atoms with E-state index in [1.54, 1.807) is 17.0 Å². The molecule has 0 saturated carbocycles. The fraction of sp³-hybridized carbons (Fsp3) is 0.556. The van der Waals surface area contributed by atoms with E-state index in [4.69, 9.17) is 11.6 Å². The van der Waals surface area contributed by atoms with Crippen LogP contribution in [0.3, 0.4) is 0 Å². The summed E-state index contributed by atoms with van der Waals surface area (Å²) in [5, 5.41) is 3.71. The van der Waals surface area contributed by atoms with Gasteiger partial charge in [-0.05, 0) is 24.3 Å². The predicted octanol–water partition coefficient (Wildman–Crippen LogP) is 0.809. The van der Waals surface area contributed by atoms with Gasteiger partial charge in [-0.15, -0.1) is 0 Å². The maximum atomic E-state index is 12.5. The molecule has 5 rings (SSSR count). The van der Waals surface area contributed by atoms with Crippen LogP contribution in [0.2, 0.25) is 5.02 Å². The second kappa shape index (κ2) is 6.94. The Morgan fingerprint density at radius 2 is 1.84 bits per heavy atom. The van der Waals surface area contributed by atoms with Crippen LogP contribution in [0.5, 0.6) is 0 Å². The molecule has 4 aliphatic heterocycles. The standard InChI is InChI=1S/C18H23ClN4O2/c19-14-1-3-15(4-2-14)23-11-13(9-17(23)24)18(25)20-10-16-12-21-5-7-22(16)8-6-21/h1-4,13,16H,5-12H2,(H,20,25). The minimum Gasteiger partial charge on any atom is -0.354 e. The number of benzene rings is 1. The van der Waals surface area contributed by atoms with E-state index < -0.39 is 0 Å². The molecule has 2 amide bonds. The molecular formula is C18H23ClN4O2. The minimum absolute atomic E-state index is 0.00550. The lowest BCUT2D eigenvalue weighted by Crippen LogP contribution is -2.63. The third-order valence-electron chi connectivity index (χ3n) is 5.54. The van der Waals surface area contributed by atoms with Gasteiger partial charge >= 0.3 is 0 Å². The summed E-state index contributed by atoms with van der Waals surface area (Å²) < 4.78 is 0. The Hall–Kier alpha value is -1.63. The molecule has 25 heavy (non-hydrogen) atoms. The quantitative estimate of drug-likeness (QED) is 0.861. The van der Waals surface area contributed by atoms with Gasteiger partial charge in [0.1, 0.15) is 0 Å². The number of hydrogen-bond acceptors (Lipinski definition) is 4. The molecule has 6 nitrogen and oxygen atoms in total. The third-order valence-corrected chi connectivity index (χ3v) is 5.79. The van der Waals surface area contributed by atoms with Crippen molar-refractivity contribution in [2.75, 3.05) is 50.7 Å². The van der Waals surface area contributed by atoms with Gasteiger partial charge < -0.3 is 10.2 Å². The first-order chi connectivity index (χ1) is 12.1.